The van der Waals surface area contributed by atoms with Crippen molar-refractivity contribution < 1.29 is 13.0 Å². The average molecular weight is 389 g/mol. The Morgan fingerprint density at radius 3 is 2.17 bits per heavy atom. The Morgan fingerprint density at radius 1 is 1.50 bits per heavy atom. The van der Waals surface area contributed by atoms with Crippen LogP contribution in [0.3, 0.4) is 0 Å². The molecule has 0 aliphatic heterocycles. The molecule has 0 saturated carbocycles. The molecule has 0 amide bonds. The molecule has 0 aliphatic carbocycles. The van der Waals surface area contributed by atoms with Crippen LogP contribution in [0.5, 0.6) is 0 Å². The minimum atomic E-state index is -4.14. The number of rotatable bonds is 4. The van der Waals surface area contributed by atoms with Gasteiger partial charge in [0, 0.05) is 0 Å². The van der Waals surface area contributed by atoms with E-state index >= 15 is 0 Å². The topological polar surface area (TPSA) is 54.4 Å². The zero-order chi connectivity index (χ0) is 9.99. The Hall–Kier alpha value is 1.35. The standard InChI is InChI=1S/C5H9Br3O3S/c1-2-3-4(6)5(7,8)12(9,10)11/h4H,2-3H2,1H3,(H,9,10,11). The van der Waals surface area contributed by atoms with Crippen LogP contribution in [0.15, 0.2) is 0 Å². The van der Waals surface area contributed by atoms with E-state index in [1.807, 2.05) is 6.92 Å². The van der Waals surface area contributed by atoms with E-state index in [9.17, 15) is 8.42 Å². The monoisotopic (exact) mass is 386 g/mol. The van der Waals surface area contributed by atoms with E-state index in [1.165, 1.54) is 0 Å². The van der Waals surface area contributed by atoms with Crippen LogP contribution in [0.1, 0.15) is 19.8 Å². The molecule has 12 heavy (non-hydrogen) atoms. The summed E-state index contributed by atoms with van der Waals surface area (Å²) >= 11 is 8.96. The molecule has 3 nitrogen and oxygen atoms in total. The lowest BCUT2D eigenvalue weighted by Crippen LogP contribution is -2.33. The van der Waals surface area contributed by atoms with Crippen LogP contribution in [-0.2, 0) is 10.1 Å². The normalized spacial score (nSPS) is 16.1. The molecule has 0 radical (unpaired) electrons. The molecule has 0 fully saturated rings. The molecule has 0 saturated heterocycles. The molecule has 7 heteroatoms. The molecule has 0 bridgehead atoms. The van der Waals surface area contributed by atoms with Crippen LogP contribution in [0.25, 0.3) is 0 Å². The Morgan fingerprint density at radius 2 is 1.92 bits per heavy atom. The second-order valence-corrected chi connectivity index (χ2v) is 9.61. The van der Waals surface area contributed by atoms with Crippen molar-refractivity contribution in [2.45, 2.75) is 27.2 Å². The quantitative estimate of drug-likeness (QED) is 0.595. The molecule has 0 spiro atoms. The lowest BCUT2D eigenvalue weighted by molar-refractivity contribution is 0.475. The maximum atomic E-state index is 10.8. The van der Waals surface area contributed by atoms with Crippen molar-refractivity contribution in [1.82, 2.24) is 0 Å². The summed E-state index contributed by atoms with van der Waals surface area (Å²) in [4.78, 5) is -0.370. The van der Waals surface area contributed by atoms with Gasteiger partial charge in [0.25, 0.3) is 10.1 Å². The van der Waals surface area contributed by atoms with E-state index in [-0.39, 0.29) is 4.83 Å². The number of alkyl halides is 3. The first-order valence-corrected chi connectivity index (χ1v) is 7.16. The van der Waals surface area contributed by atoms with Gasteiger partial charge in [-0.2, -0.15) is 8.42 Å². The van der Waals surface area contributed by atoms with Gasteiger partial charge in [0.05, 0.1) is 4.83 Å². The molecule has 74 valence electrons. The van der Waals surface area contributed by atoms with Gasteiger partial charge in [0.2, 0.25) is 2.57 Å². The van der Waals surface area contributed by atoms with Gasteiger partial charge in [-0.15, -0.1) is 0 Å². The van der Waals surface area contributed by atoms with Gasteiger partial charge in [0.1, 0.15) is 0 Å². The highest BCUT2D eigenvalue weighted by atomic mass is 79.9. The molecular weight excluding hydrogens is 380 g/mol. The Bertz CT molecular complexity index is 236. The third kappa shape index (κ3) is 3.25. The fraction of sp³-hybridized carbons (Fsp3) is 1.00. The molecule has 0 rings (SSSR count). The summed E-state index contributed by atoms with van der Waals surface area (Å²) in [5.74, 6) is 0. The van der Waals surface area contributed by atoms with Crippen molar-refractivity contribution in [2.75, 3.05) is 0 Å². The highest BCUT2D eigenvalue weighted by molar-refractivity contribution is 9.28. The van der Waals surface area contributed by atoms with Crippen molar-refractivity contribution in [3.63, 3.8) is 0 Å². The van der Waals surface area contributed by atoms with Gasteiger partial charge in [0.15, 0.2) is 0 Å². The van der Waals surface area contributed by atoms with Crippen molar-refractivity contribution in [3.05, 3.63) is 0 Å². The van der Waals surface area contributed by atoms with Gasteiger partial charge in [-0.1, -0.05) is 61.1 Å². The van der Waals surface area contributed by atoms with Gasteiger partial charge in [-0.3, -0.25) is 4.55 Å². The summed E-state index contributed by atoms with van der Waals surface area (Å²) in [6, 6.07) is 0. The lowest BCUT2D eigenvalue weighted by atomic mass is 10.3. The average Bonchev–Trinajstić information content (AvgIpc) is 1.85. The first kappa shape index (κ1) is 13.4. The Labute approximate surface area is 97.4 Å². The van der Waals surface area contributed by atoms with Crippen molar-refractivity contribution >= 4 is 57.9 Å². The molecule has 0 aromatic carbocycles. The maximum Gasteiger partial charge on any atom is 0.292 e. The van der Waals surface area contributed by atoms with Crippen LogP contribution in [0.4, 0.5) is 0 Å². The zero-order valence-corrected chi connectivity index (χ0v) is 11.9. The van der Waals surface area contributed by atoms with E-state index in [0.29, 0.717) is 6.42 Å². The predicted molar refractivity (Wildman–Crippen MR) is 59.8 cm³/mol. The highest BCUT2D eigenvalue weighted by Gasteiger charge is 2.43. The fourth-order valence-corrected chi connectivity index (χ4v) is 2.65. The third-order valence-electron chi connectivity index (χ3n) is 1.25. The number of halogens is 3. The summed E-state index contributed by atoms with van der Waals surface area (Å²) in [5.41, 5.74) is 0. The molecule has 1 unspecified atom stereocenters. The molecule has 1 atom stereocenters. The van der Waals surface area contributed by atoms with E-state index in [2.05, 4.69) is 47.8 Å². The van der Waals surface area contributed by atoms with Crippen LogP contribution >= 0.6 is 47.8 Å². The van der Waals surface area contributed by atoms with Gasteiger partial charge >= 0.3 is 0 Å². The predicted octanol–water partition coefficient (Wildman–Crippen LogP) is 2.88. The van der Waals surface area contributed by atoms with Crippen LogP contribution in [0.2, 0.25) is 0 Å². The Kier molecular flexibility index (Phi) is 5.26. The van der Waals surface area contributed by atoms with Crippen molar-refractivity contribution in [1.29, 1.82) is 0 Å². The molecule has 0 heterocycles. The molecule has 0 aromatic heterocycles. The first-order valence-electron chi connectivity index (χ1n) is 3.22. The second-order valence-electron chi connectivity index (χ2n) is 2.29. The van der Waals surface area contributed by atoms with Crippen molar-refractivity contribution in [3.8, 4) is 0 Å². The Balaban J connectivity index is 4.62. The summed E-state index contributed by atoms with van der Waals surface area (Å²) < 4.78 is 28.9. The van der Waals surface area contributed by atoms with Gasteiger partial charge in [-0.25, -0.2) is 0 Å². The van der Waals surface area contributed by atoms with Gasteiger partial charge in [-0.05, 0) is 6.42 Å². The smallest absolute Gasteiger partial charge is 0.284 e. The van der Waals surface area contributed by atoms with E-state index in [0.717, 1.165) is 6.42 Å². The molecule has 0 aromatic rings. The summed E-state index contributed by atoms with van der Waals surface area (Å²) in [7, 11) is -4.14. The summed E-state index contributed by atoms with van der Waals surface area (Å²) in [5, 5.41) is 0. The van der Waals surface area contributed by atoms with E-state index in [4.69, 9.17) is 4.55 Å². The SMILES string of the molecule is CCCC(Br)C(Br)(Br)S(=O)(=O)O. The summed E-state index contributed by atoms with van der Waals surface area (Å²) in [6.45, 7) is 1.92. The van der Waals surface area contributed by atoms with Crippen LogP contribution in [-0.4, -0.2) is 20.4 Å². The maximum absolute atomic E-state index is 10.8. The first-order chi connectivity index (χ1) is 5.23. The lowest BCUT2D eigenvalue weighted by Gasteiger charge is -2.22. The summed E-state index contributed by atoms with van der Waals surface area (Å²) in [6.07, 6.45) is 1.46. The minimum absolute atomic E-state index is 0.370. The fourth-order valence-electron chi connectivity index (χ4n) is 0.583. The number of hydrogen-bond acceptors (Lipinski definition) is 2. The second kappa shape index (κ2) is 4.72. The molecular formula is C5H9Br3O3S. The van der Waals surface area contributed by atoms with Crippen molar-refractivity contribution in [2.24, 2.45) is 0 Å². The minimum Gasteiger partial charge on any atom is -0.284 e. The third-order valence-corrected chi connectivity index (χ3v) is 8.46. The zero-order valence-electron chi connectivity index (χ0n) is 6.30. The van der Waals surface area contributed by atoms with E-state index < -0.39 is 12.7 Å². The van der Waals surface area contributed by atoms with E-state index in [1.54, 1.807) is 0 Å². The van der Waals surface area contributed by atoms with Crippen LogP contribution < -0.4 is 0 Å². The molecule has 1 N–H and O–H groups in total. The number of hydrogen-bond donors (Lipinski definition) is 1. The highest BCUT2D eigenvalue weighted by Crippen LogP contribution is 2.41. The van der Waals surface area contributed by atoms with Gasteiger partial charge < -0.3 is 0 Å². The largest absolute Gasteiger partial charge is 0.292 e. The van der Waals surface area contributed by atoms with Crippen LogP contribution in [0, 0.1) is 0 Å². The molecule has 0 aliphatic rings.